The van der Waals surface area contributed by atoms with Gasteiger partial charge in [-0.1, -0.05) is 19.4 Å². The molecule has 0 radical (unpaired) electrons. The van der Waals surface area contributed by atoms with Gasteiger partial charge in [0.2, 0.25) is 0 Å². The van der Waals surface area contributed by atoms with Gasteiger partial charge in [0.05, 0.1) is 6.10 Å². The first-order valence-corrected chi connectivity index (χ1v) is 7.31. The molecule has 1 saturated carbocycles. The molecule has 2 nitrogen and oxygen atoms in total. The number of nitrogens with two attached hydrogens (primary N) is 1. The van der Waals surface area contributed by atoms with Crippen LogP contribution >= 0.6 is 0 Å². The van der Waals surface area contributed by atoms with E-state index in [-0.39, 0.29) is 18.0 Å². The number of hydrogen-bond acceptors (Lipinski definition) is 2. The van der Waals surface area contributed by atoms with Crippen molar-refractivity contribution in [2.45, 2.75) is 58.1 Å². The molecule has 0 heterocycles. The molecule has 19 heavy (non-hydrogen) atoms. The van der Waals surface area contributed by atoms with Crippen LogP contribution < -0.4 is 10.5 Å². The van der Waals surface area contributed by atoms with E-state index in [9.17, 15) is 4.39 Å². The first-order valence-electron chi connectivity index (χ1n) is 7.31. The number of hydrogen-bond donors (Lipinski definition) is 1. The molecule has 1 atom stereocenters. The maximum atomic E-state index is 13.9. The Morgan fingerprint density at radius 2 is 2.00 bits per heavy atom. The van der Waals surface area contributed by atoms with Gasteiger partial charge in [-0.05, 0) is 56.2 Å². The third-order valence-corrected chi connectivity index (χ3v) is 4.15. The van der Waals surface area contributed by atoms with Gasteiger partial charge in [-0.3, -0.25) is 0 Å². The van der Waals surface area contributed by atoms with Crippen molar-refractivity contribution in [2.75, 3.05) is 0 Å². The van der Waals surface area contributed by atoms with Crippen molar-refractivity contribution in [3.05, 3.63) is 29.6 Å². The molecule has 106 valence electrons. The summed E-state index contributed by atoms with van der Waals surface area (Å²) >= 11 is 0. The molecular formula is C16H24FNO. The largest absolute Gasteiger partial charge is 0.487 e. The van der Waals surface area contributed by atoms with Crippen molar-refractivity contribution < 1.29 is 9.13 Å². The lowest BCUT2D eigenvalue weighted by Crippen LogP contribution is -2.24. The highest BCUT2D eigenvalue weighted by Gasteiger charge is 2.22. The molecule has 1 aliphatic carbocycles. The van der Waals surface area contributed by atoms with Crippen LogP contribution in [0.3, 0.4) is 0 Å². The SMILES string of the molecule is CCC1CCC(Oc2ccc(C(C)N)cc2F)CC1. The van der Waals surface area contributed by atoms with E-state index in [2.05, 4.69) is 6.92 Å². The predicted molar refractivity (Wildman–Crippen MR) is 75.7 cm³/mol. The van der Waals surface area contributed by atoms with E-state index >= 15 is 0 Å². The van der Waals surface area contributed by atoms with E-state index in [1.807, 2.05) is 13.0 Å². The first-order chi connectivity index (χ1) is 9.10. The van der Waals surface area contributed by atoms with Crippen LogP contribution in [0.4, 0.5) is 4.39 Å². The summed E-state index contributed by atoms with van der Waals surface area (Å²) in [6, 6.07) is 4.89. The fourth-order valence-corrected chi connectivity index (χ4v) is 2.73. The second kappa shape index (κ2) is 6.38. The predicted octanol–water partition coefficient (Wildman–Crippen LogP) is 4.19. The van der Waals surface area contributed by atoms with Crippen LogP contribution in [0.5, 0.6) is 5.75 Å². The molecule has 0 amide bonds. The highest BCUT2D eigenvalue weighted by molar-refractivity contribution is 5.30. The van der Waals surface area contributed by atoms with Gasteiger partial charge in [0, 0.05) is 6.04 Å². The van der Waals surface area contributed by atoms with Crippen LogP contribution in [0.15, 0.2) is 18.2 Å². The van der Waals surface area contributed by atoms with Crippen LogP contribution in [0.25, 0.3) is 0 Å². The van der Waals surface area contributed by atoms with Gasteiger partial charge < -0.3 is 10.5 Å². The average Bonchev–Trinajstić information content (AvgIpc) is 2.41. The lowest BCUT2D eigenvalue weighted by Gasteiger charge is -2.28. The Labute approximate surface area is 115 Å². The highest BCUT2D eigenvalue weighted by Crippen LogP contribution is 2.30. The number of ether oxygens (including phenoxy) is 1. The van der Waals surface area contributed by atoms with Crippen LogP contribution in [0.1, 0.15) is 57.6 Å². The van der Waals surface area contributed by atoms with Crippen LogP contribution in [-0.4, -0.2) is 6.10 Å². The average molecular weight is 265 g/mol. The molecule has 1 fully saturated rings. The standard InChI is InChI=1S/C16H24FNO/c1-3-12-4-7-14(8-5-12)19-16-9-6-13(11(2)18)10-15(16)17/h6,9-12,14H,3-5,7-8,18H2,1-2H3. The van der Waals surface area contributed by atoms with Gasteiger partial charge in [-0.25, -0.2) is 4.39 Å². The molecule has 0 saturated heterocycles. The van der Waals surface area contributed by atoms with E-state index in [1.54, 1.807) is 6.07 Å². The topological polar surface area (TPSA) is 35.2 Å². The van der Waals surface area contributed by atoms with Crippen molar-refractivity contribution in [1.82, 2.24) is 0 Å². The third kappa shape index (κ3) is 3.69. The van der Waals surface area contributed by atoms with Gasteiger partial charge in [0.1, 0.15) is 0 Å². The monoisotopic (exact) mass is 265 g/mol. The van der Waals surface area contributed by atoms with Crippen molar-refractivity contribution in [3.63, 3.8) is 0 Å². The molecular weight excluding hydrogens is 241 g/mol. The summed E-state index contributed by atoms with van der Waals surface area (Å²) in [5.74, 6) is 0.891. The molecule has 1 aromatic carbocycles. The molecule has 0 aliphatic heterocycles. The third-order valence-electron chi connectivity index (χ3n) is 4.15. The first kappa shape index (κ1) is 14.3. The summed E-state index contributed by atoms with van der Waals surface area (Å²) in [5, 5.41) is 0. The number of benzene rings is 1. The lowest BCUT2D eigenvalue weighted by atomic mass is 9.86. The van der Waals surface area contributed by atoms with E-state index in [4.69, 9.17) is 10.5 Å². The normalized spacial score (nSPS) is 25.1. The zero-order valence-corrected chi connectivity index (χ0v) is 11.9. The quantitative estimate of drug-likeness (QED) is 0.885. The fourth-order valence-electron chi connectivity index (χ4n) is 2.73. The molecule has 1 aromatic rings. The summed E-state index contributed by atoms with van der Waals surface area (Å²) < 4.78 is 19.7. The van der Waals surface area contributed by atoms with E-state index in [0.717, 1.165) is 24.3 Å². The minimum absolute atomic E-state index is 0.149. The van der Waals surface area contributed by atoms with Gasteiger partial charge >= 0.3 is 0 Å². The molecule has 0 spiro atoms. The Bertz CT molecular complexity index is 411. The molecule has 0 aromatic heterocycles. The smallest absolute Gasteiger partial charge is 0.165 e. The summed E-state index contributed by atoms with van der Waals surface area (Å²) in [7, 11) is 0. The highest BCUT2D eigenvalue weighted by atomic mass is 19.1. The summed E-state index contributed by atoms with van der Waals surface area (Å²) in [6.45, 7) is 4.08. The molecule has 0 bridgehead atoms. The minimum atomic E-state index is -0.299. The molecule has 1 unspecified atom stereocenters. The number of rotatable bonds is 4. The van der Waals surface area contributed by atoms with Crippen molar-refractivity contribution in [1.29, 1.82) is 0 Å². The van der Waals surface area contributed by atoms with Gasteiger partial charge in [0.25, 0.3) is 0 Å². The molecule has 1 aliphatic rings. The summed E-state index contributed by atoms with van der Waals surface area (Å²) in [4.78, 5) is 0. The van der Waals surface area contributed by atoms with E-state index in [0.29, 0.717) is 5.75 Å². The van der Waals surface area contributed by atoms with Crippen molar-refractivity contribution in [3.8, 4) is 5.75 Å². The summed E-state index contributed by atoms with van der Waals surface area (Å²) in [5.41, 5.74) is 6.55. The fraction of sp³-hybridized carbons (Fsp3) is 0.625. The van der Waals surface area contributed by atoms with Crippen LogP contribution in [0, 0.1) is 11.7 Å². The number of halogens is 1. The molecule has 2 N–H and O–H groups in total. The van der Waals surface area contributed by atoms with Crippen molar-refractivity contribution in [2.24, 2.45) is 11.7 Å². The van der Waals surface area contributed by atoms with E-state index < -0.39 is 0 Å². The van der Waals surface area contributed by atoms with Crippen LogP contribution in [0.2, 0.25) is 0 Å². The zero-order valence-electron chi connectivity index (χ0n) is 11.9. The minimum Gasteiger partial charge on any atom is -0.487 e. The second-order valence-corrected chi connectivity index (χ2v) is 5.65. The zero-order chi connectivity index (χ0) is 13.8. The van der Waals surface area contributed by atoms with Gasteiger partial charge in [-0.15, -0.1) is 0 Å². The maximum Gasteiger partial charge on any atom is 0.165 e. The Balaban J connectivity index is 1.96. The Hall–Kier alpha value is -1.09. The lowest BCUT2D eigenvalue weighted by molar-refractivity contribution is 0.125. The summed E-state index contributed by atoms with van der Waals surface area (Å²) in [6.07, 6.45) is 5.87. The maximum absolute atomic E-state index is 13.9. The Kier molecular flexibility index (Phi) is 4.81. The molecule has 3 heteroatoms. The Morgan fingerprint density at radius 3 is 2.53 bits per heavy atom. The van der Waals surface area contributed by atoms with Gasteiger partial charge in [0.15, 0.2) is 11.6 Å². The second-order valence-electron chi connectivity index (χ2n) is 5.65. The van der Waals surface area contributed by atoms with E-state index in [1.165, 1.54) is 25.3 Å². The Morgan fingerprint density at radius 1 is 1.32 bits per heavy atom. The van der Waals surface area contributed by atoms with Crippen molar-refractivity contribution >= 4 is 0 Å². The van der Waals surface area contributed by atoms with Gasteiger partial charge in [-0.2, -0.15) is 0 Å². The van der Waals surface area contributed by atoms with Crippen LogP contribution in [-0.2, 0) is 0 Å². The molecule has 2 rings (SSSR count).